The number of ether oxygens (including phenoxy) is 1. The zero-order valence-electron chi connectivity index (χ0n) is 20.2. The van der Waals surface area contributed by atoms with Gasteiger partial charge in [-0.2, -0.15) is 0 Å². The van der Waals surface area contributed by atoms with Crippen LogP contribution in [0, 0.1) is 11.8 Å². The number of nitrogens with zero attached hydrogens (tertiary/aromatic N) is 2. The van der Waals surface area contributed by atoms with Crippen molar-refractivity contribution in [2.75, 3.05) is 45.9 Å². The van der Waals surface area contributed by atoms with E-state index in [2.05, 4.69) is 43.5 Å². The maximum Gasteiger partial charge on any atom is 0.0772 e. The molecule has 8 heteroatoms. The van der Waals surface area contributed by atoms with Crippen LogP contribution in [0.3, 0.4) is 0 Å². The van der Waals surface area contributed by atoms with Crippen LogP contribution in [0.5, 0.6) is 0 Å². The Morgan fingerprint density at radius 1 is 0.812 bits per heavy atom. The Kier molecular flexibility index (Phi) is 8.35. The number of hydrogen-bond donors (Lipinski definition) is 5. The summed E-state index contributed by atoms with van der Waals surface area (Å²) in [6.07, 6.45) is 13.2. The van der Waals surface area contributed by atoms with Gasteiger partial charge in [0.15, 0.2) is 0 Å². The first-order valence-corrected chi connectivity index (χ1v) is 13.6. The minimum absolute atomic E-state index is 0.350. The topological polar surface area (TPSA) is 75.9 Å². The first-order chi connectivity index (χ1) is 15.7. The minimum atomic E-state index is 0.350. The van der Waals surface area contributed by atoms with Gasteiger partial charge in [0.05, 0.1) is 37.9 Å². The second-order valence-electron chi connectivity index (χ2n) is 10.9. The number of rotatable bonds is 6. The fourth-order valence-corrected chi connectivity index (χ4v) is 6.69. The SMILES string of the molecule is CC1CCCC(C2CCN(C3CC(N4CCOCC4)NC(CCC4NCCCN4)N3)N2)C1. The Morgan fingerprint density at radius 3 is 2.41 bits per heavy atom. The molecule has 32 heavy (non-hydrogen) atoms. The molecule has 5 rings (SSSR count). The molecule has 5 N–H and O–H groups in total. The van der Waals surface area contributed by atoms with Gasteiger partial charge in [-0.1, -0.05) is 19.8 Å². The van der Waals surface area contributed by atoms with Crippen molar-refractivity contribution in [3.63, 3.8) is 0 Å². The third-order valence-electron chi connectivity index (χ3n) is 8.53. The summed E-state index contributed by atoms with van der Waals surface area (Å²) in [4.78, 5) is 2.61. The Morgan fingerprint density at radius 2 is 1.59 bits per heavy atom. The molecule has 0 radical (unpaired) electrons. The summed E-state index contributed by atoms with van der Waals surface area (Å²) in [6, 6.07) is 0.672. The normalized spacial score (nSPS) is 41.2. The van der Waals surface area contributed by atoms with E-state index < -0.39 is 0 Å². The zero-order valence-corrected chi connectivity index (χ0v) is 20.2. The number of hydrazine groups is 1. The maximum atomic E-state index is 5.64. The molecule has 0 bridgehead atoms. The molecule has 0 aromatic heterocycles. The third kappa shape index (κ3) is 6.02. The lowest BCUT2D eigenvalue weighted by atomic mass is 9.78. The van der Waals surface area contributed by atoms with Crippen molar-refractivity contribution in [1.29, 1.82) is 0 Å². The smallest absolute Gasteiger partial charge is 0.0772 e. The molecule has 4 saturated heterocycles. The summed E-state index contributed by atoms with van der Waals surface area (Å²) in [5, 5.41) is 17.7. The van der Waals surface area contributed by atoms with E-state index in [1.54, 1.807) is 0 Å². The maximum absolute atomic E-state index is 5.64. The fourth-order valence-electron chi connectivity index (χ4n) is 6.69. The molecular weight excluding hydrogens is 402 g/mol. The monoisotopic (exact) mass is 449 g/mol. The lowest BCUT2D eigenvalue weighted by Gasteiger charge is -2.46. The molecule has 5 fully saturated rings. The van der Waals surface area contributed by atoms with Gasteiger partial charge in [0, 0.05) is 32.1 Å². The third-order valence-corrected chi connectivity index (χ3v) is 8.53. The molecule has 0 spiro atoms. The highest BCUT2D eigenvalue weighted by molar-refractivity contribution is 4.92. The molecule has 0 aromatic rings. The highest BCUT2D eigenvalue weighted by Crippen LogP contribution is 2.34. The molecule has 6 unspecified atom stereocenters. The average molecular weight is 450 g/mol. The van der Waals surface area contributed by atoms with E-state index >= 15 is 0 Å². The summed E-state index contributed by atoms with van der Waals surface area (Å²) in [6.45, 7) is 9.70. The van der Waals surface area contributed by atoms with Crippen LogP contribution >= 0.6 is 0 Å². The summed E-state index contributed by atoms with van der Waals surface area (Å²) >= 11 is 0. The molecule has 8 nitrogen and oxygen atoms in total. The van der Waals surface area contributed by atoms with Crippen LogP contribution in [0.4, 0.5) is 0 Å². The van der Waals surface area contributed by atoms with Gasteiger partial charge < -0.3 is 15.4 Å². The Balaban J connectivity index is 1.19. The van der Waals surface area contributed by atoms with Gasteiger partial charge in [0.2, 0.25) is 0 Å². The van der Waals surface area contributed by atoms with Crippen molar-refractivity contribution in [1.82, 2.24) is 36.6 Å². The van der Waals surface area contributed by atoms with Crippen LogP contribution in [-0.4, -0.2) is 86.6 Å². The molecule has 4 heterocycles. The van der Waals surface area contributed by atoms with E-state index in [0.29, 0.717) is 30.7 Å². The second kappa shape index (κ2) is 11.4. The standard InChI is InChI=1S/C24H47N7O/c1-18-4-2-5-19(16-18)20-8-11-31(29-20)24-17-23(30-12-14-32-15-13-30)27-22(28-24)7-6-21-25-9-3-10-26-21/h18-29H,2-17H2,1H3. The van der Waals surface area contributed by atoms with E-state index in [-0.39, 0.29) is 0 Å². The minimum Gasteiger partial charge on any atom is -0.379 e. The van der Waals surface area contributed by atoms with Crippen LogP contribution in [0.1, 0.15) is 64.7 Å². The van der Waals surface area contributed by atoms with Crippen molar-refractivity contribution < 1.29 is 4.74 Å². The summed E-state index contributed by atoms with van der Waals surface area (Å²) in [5.41, 5.74) is 3.98. The molecule has 5 aliphatic rings. The predicted octanol–water partition coefficient (Wildman–Crippen LogP) is 0.974. The average Bonchev–Trinajstić information content (AvgIpc) is 3.34. The first-order valence-electron chi connectivity index (χ1n) is 13.6. The Hall–Kier alpha value is -0.320. The van der Waals surface area contributed by atoms with Crippen molar-refractivity contribution in [3.05, 3.63) is 0 Å². The van der Waals surface area contributed by atoms with Crippen LogP contribution in [-0.2, 0) is 4.74 Å². The van der Waals surface area contributed by atoms with Gasteiger partial charge in [0.1, 0.15) is 0 Å². The molecule has 1 saturated carbocycles. The molecule has 0 aromatic carbocycles. The van der Waals surface area contributed by atoms with E-state index in [1.807, 2.05) is 0 Å². The van der Waals surface area contributed by atoms with Crippen molar-refractivity contribution in [2.45, 2.75) is 95.4 Å². The van der Waals surface area contributed by atoms with Gasteiger partial charge in [-0.05, 0) is 63.5 Å². The van der Waals surface area contributed by atoms with Gasteiger partial charge in [-0.15, -0.1) is 0 Å². The van der Waals surface area contributed by atoms with Crippen molar-refractivity contribution in [3.8, 4) is 0 Å². The van der Waals surface area contributed by atoms with Crippen LogP contribution in [0.25, 0.3) is 0 Å². The zero-order chi connectivity index (χ0) is 21.8. The van der Waals surface area contributed by atoms with E-state index in [0.717, 1.165) is 70.5 Å². The van der Waals surface area contributed by atoms with Gasteiger partial charge >= 0.3 is 0 Å². The Labute approximate surface area is 194 Å². The van der Waals surface area contributed by atoms with Gasteiger partial charge in [0.25, 0.3) is 0 Å². The molecule has 184 valence electrons. The lowest BCUT2D eigenvalue weighted by molar-refractivity contribution is -0.0319. The van der Waals surface area contributed by atoms with E-state index in [1.165, 1.54) is 45.1 Å². The predicted molar refractivity (Wildman–Crippen MR) is 128 cm³/mol. The molecule has 6 atom stereocenters. The number of morpholine rings is 1. The summed E-state index contributed by atoms with van der Waals surface area (Å²) < 4.78 is 5.64. The van der Waals surface area contributed by atoms with Crippen molar-refractivity contribution in [2.24, 2.45) is 11.8 Å². The number of nitrogens with one attached hydrogen (secondary N) is 5. The lowest BCUT2D eigenvalue weighted by Crippen LogP contribution is -2.68. The van der Waals surface area contributed by atoms with Crippen LogP contribution in [0.2, 0.25) is 0 Å². The quantitative estimate of drug-likeness (QED) is 0.411. The fraction of sp³-hybridized carbons (Fsp3) is 1.00. The largest absolute Gasteiger partial charge is 0.379 e. The van der Waals surface area contributed by atoms with Gasteiger partial charge in [-0.25, -0.2) is 5.01 Å². The Bertz CT molecular complexity index is 569. The number of hydrogen-bond acceptors (Lipinski definition) is 8. The van der Waals surface area contributed by atoms with Crippen LogP contribution in [0.15, 0.2) is 0 Å². The highest BCUT2D eigenvalue weighted by Gasteiger charge is 2.39. The second-order valence-corrected chi connectivity index (χ2v) is 10.9. The van der Waals surface area contributed by atoms with E-state index in [9.17, 15) is 0 Å². The first kappa shape index (κ1) is 23.4. The van der Waals surface area contributed by atoms with Crippen LogP contribution < -0.4 is 26.7 Å². The van der Waals surface area contributed by atoms with Gasteiger partial charge in [-0.3, -0.25) is 21.0 Å². The molecular formula is C24H47N7O. The van der Waals surface area contributed by atoms with Crippen molar-refractivity contribution >= 4 is 0 Å². The molecule has 4 aliphatic heterocycles. The molecule has 1 aliphatic carbocycles. The highest BCUT2D eigenvalue weighted by atomic mass is 16.5. The summed E-state index contributed by atoms with van der Waals surface area (Å²) in [7, 11) is 0. The summed E-state index contributed by atoms with van der Waals surface area (Å²) in [5.74, 6) is 1.76. The molecule has 0 amide bonds. The van der Waals surface area contributed by atoms with E-state index in [4.69, 9.17) is 4.74 Å².